The molecule has 0 radical (unpaired) electrons. The van der Waals surface area contributed by atoms with E-state index in [0.29, 0.717) is 5.56 Å². The topological polar surface area (TPSA) is 76.9 Å². The molecule has 6 heteroatoms. The Labute approximate surface area is 116 Å². The Morgan fingerprint density at radius 2 is 2.20 bits per heavy atom. The number of benzene rings is 1. The largest absolute Gasteiger partial charge is 0.484 e. The Bertz CT molecular complexity index is 636. The zero-order chi connectivity index (χ0) is 14.7. The number of ether oxygens (including phenoxy) is 1. The van der Waals surface area contributed by atoms with Gasteiger partial charge in [0.15, 0.2) is 11.6 Å². The van der Waals surface area contributed by atoms with Crippen molar-refractivity contribution in [3.63, 3.8) is 0 Å². The highest BCUT2D eigenvalue weighted by Crippen LogP contribution is 2.19. The zero-order valence-corrected chi connectivity index (χ0v) is 11.5. The lowest BCUT2D eigenvalue weighted by Gasteiger charge is -2.09. The van der Waals surface area contributed by atoms with Crippen LogP contribution in [-0.4, -0.2) is 15.6 Å². The average Bonchev–Trinajstić information content (AvgIpc) is 2.77. The van der Waals surface area contributed by atoms with Crippen molar-refractivity contribution >= 4 is 5.84 Å². The minimum atomic E-state index is -0.531. The van der Waals surface area contributed by atoms with Gasteiger partial charge in [0.1, 0.15) is 12.4 Å². The molecule has 0 amide bonds. The molecule has 0 aliphatic rings. The summed E-state index contributed by atoms with van der Waals surface area (Å²) < 4.78 is 21.1. The number of aromatic nitrogens is 2. The normalized spacial score (nSPS) is 10.6. The number of halogens is 1. The highest BCUT2D eigenvalue weighted by molar-refractivity contribution is 5.95. The second kappa shape index (κ2) is 5.73. The molecule has 1 aromatic carbocycles. The van der Waals surface area contributed by atoms with Crippen LogP contribution in [-0.2, 0) is 13.2 Å². The first-order valence-corrected chi connectivity index (χ1v) is 6.31. The molecule has 0 unspecified atom stereocenters. The number of nitrogens with one attached hydrogen (secondary N) is 1. The van der Waals surface area contributed by atoms with E-state index in [2.05, 4.69) is 5.10 Å². The van der Waals surface area contributed by atoms with Gasteiger partial charge in [0.05, 0.1) is 11.4 Å². The molecule has 0 saturated carbocycles. The molecule has 0 aliphatic heterocycles. The number of nitrogens with zero attached hydrogens (tertiary/aromatic N) is 2. The molecule has 5 nitrogen and oxygen atoms in total. The fraction of sp³-hybridized carbons (Fsp3) is 0.286. The number of nitrogens with two attached hydrogens (primary N) is 1. The number of nitrogen functional groups attached to an aromatic ring is 1. The molecule has 0 aliphatic carbocycles. The van der Waals surface area contributed by atoms with Gasteiger partial charge in [0.2, 0.25) is 0 Å². The molecule has 0 fully saturated rings. The lowest BCUT2D eigenvalue weighted by atomic mass is 10.2. The predicted molar refractivity (Wildman–Crippen MR) is 74.4 cm³/mol. The van der Waals surface area contributed by atoms with Crippen LogP contribution in [0.3, 0.4) is 0 Å². The SMILES string of the molecule is CCn1nc(C)cc1COc1ccc(C(=N)N)cc1F. The quantitative estimate of drug-likeness (QED) is 0.649. The Kier molecular flexibility index (Phi) is 4.02. The maximum absolute atomic E-state index is 13.8. The van der Waals surface area contributed by atoms with Gasteiger partial charge in [0.25, 0.3) is 0 Å². The summed E-state index contributed by atoms with van der Waals surface area (Å²) in [6, 6.07) is 6.14. The maximum atomic E-state index is 13.8. The van der Waals surface area contributed by atoms with E-state index in [4.69, 9.17) is 15.9 Å². The summed E-state index contributed by atoms with van der Waals surface area (Å²) in [5, 5.41) is 11.6. The van der Waals surface area contributed by atoms with E-state index in [1.807, 2.05) is 24.6 Å². The molecular formula is C14H17FN4O. The van der Waals surface area contributed by atoms with Crippen LogP contribution in [0.2, 0.25) is 0 Å². The summed E-state index contributed by atoms with van der Waals surface area (Å²) in [6.45, 7) is 4.86. The molecule has 2 rings (SSSR count). The van der Waals surface area contributed by atoms with Gasteiger partial charge in [-0.15, -0.1) is 0 Å². The van der Waals surface area contributed by atoms with Gasteiger partial charge in [-0.1, -0.05) is 0 Å². The Balaban J connectivity index is 2.12. The number of amidine groups is 1. The molecule has 1 heterocycles. The minimum absolute atomic E-state index is 0.136. The van der Waals surface area contributed by atoms with Crippen molar-refractivity contribution in [2.75, 3.05) is 0 Å². The van der Waals surface area contributed by atoms with Crippen LogP contribution in [0.1, 0.15) is 23.9 Å². The third kappa shape index (κ3) is 2.96. The van der Waals surface area contributed by atoms with Crippen molar-refractivity contribution in [3.8, 4) is 5.75 Å². The summed E-state index contributed by atoms with van der Waals surface area (Å²) >= 11 is 0. The van der Waals surface area contributed by atoms with Crippen LogP contribution in [0, 0.1) is 18.2 Å². The van der Waals surface area contributed by atoms with Crippen LogP contribution in [0.5, 0.6) is 5.75 Å². The number of hydrogen-bond donors (Lipinski definition) is 2. The van der Waals surface area contributed by atoms with E-state index in [1.54, 1.807) is 6.07 Å². The lowest BCUT2D eigenvalue weighted by molar-refractivity contribution is 0.278. The molecule has 3 N–H and O–H groups in total. The third-order valence-corrected chi connectivity index (χ3v) is 2.90. The summed E-state index contributed by atoms with van der Waals surface area (Å²) in [5.41, 5.74) is 7.43. The number of rotatable bonds is 5. The molecule has 0 atom stereocenters. The fourth-order valence-electron chi connectivity index (χ4n) is 1.93. The van der Waals surface area contributed by atoms with Crippen molar-refractivity contribution in [2.24, 2.45) is 5.73 Å². The Morgan fingerprint density at radius 3 is 2.80 bits per heavy atom. The van der Waals surface area contributed by atoms with Crippen LogP contribution in [0.15, 0.2) is 24.3 Å². The van der Waals surface area contributed by atoms with E-state index in [1.165, 1.54) is 12.1 Å². The second-order valence-electron chi connectivity index (χ2n) is 4.44. The monoisotopic (exact) mass is 276 g/mol. The first-order valence-electron chi connectivity index (χ1n) is 6.31. The molecule has 1 aromatic heterocycles. The maximum Gasteiger partial charge on any atom is 0.165 e. The summed E-state index contributed by atoms with van der Waals surface area (Å²) in [7, 11) is 0. The van der Waals surface area contributed by atoms with Gasteiger partial charge >= 0.3 is 0 Å². The molecule has 106 valence electrons. The minimum Gasteiger partial charge on any atom is -0.484 e. The van der Waals surface area contributed by atoms with Gasteiger partial charge in [-0.2, -0.15) is 5.10 Å². The van der Waals surface area contributed by atoms with Crippen LogP contribution in [0.25, 0.3) is 0 Å². The molecule has 0 bridgehead atoms. The van der Waals surface area contributed by atoms with Gasteiger partial charge in [-0.25, -0.2) is 4.39 Å². The van der Waals surface area contributed by atoms with Crippen molar-refractivity contribution in [1.29, 1.82) is 5.41 Å². The van der Waals surface area contributed by atoms with Gasteiger partial charge in [-0.3, -0.25) is 10.1 Å². The summed E-state index contributed by atoms with van der Waals surface area (Å²) in [4.78, 5) is 0. The smallest absolute Gasteiger partial charge is 0.165 e. The van der Waals surface area contributed by atoms with Crippen LogP contribution >= 0.6 is 0 Å². The molecule has 20 heavy (non-hydrogen) atoms. The number of hydrogen-bond acceptors (Lipinski definition) is 3. The van der Waals surface area contributed by atoms with E-state index >= 15 is 0 Å². The lowest BCUT2D eigenvalue weighted by Crippen LogP contribution is -2.11. The van der Waals surface area contributed by atoms with Crippen molar-refractivity contribution in [3.05, 3.63) is 47.0 Å². The highest BCUT2D eigenvalue weighted by Gasteiger charge is 2.09. The Morgan fingerprint density at radius 1 is 1.45 bits per heavy atom. The summed E-state index contributed by atoms with van der Waals surface area (Å²) in [6.07, 6.45) is 0. The van der Waals surface area contributed by atoms with Crippen LogP contribution < -0.4 is 10.5 Å². The van der Waals surface area contributed by atoms with E-state index in [9.17, 15) is 4.39 Å². The highest BCUT2D eigenvalue weighted by atomic mass is 19.1. The standard InChI is InChI=1S/C14H17FN4O/c1-3-19-11(6-9(2)18-19)8-20-13-5-4-10(14(16)17)7-12(13)15/h4-7H,3,8H2,1-2H3,(H3,16,17). The number of aryl methyl sites for hydroxylation is 2. The second-order valence-corrected chi connectivity index (χ2v) is 4.44. The molecule has 0 spiro atoms. The van der Waals surface area contributed by atoms with Crippen molar-refractivity contribution in [1.82, 2.24) is 9.78 Å². The molecule has 2 aromatic rings. The van der Waals surface area contributed by atoms with E-state index in [-0.39, 0.29) is 18.2 Å². The average molecular weight is 276 g/mol. The van der Waals surface area contributed by atoms with Gasteiger partial charge < -0.3 is 10.5 Å². The predicted octanol–water partition coefficient (Wildman–Crippen LogP) is 2.21. The van der Waals surface area contributed by atoms with Gasteiger partial charge in [-0.05, 0) is 38.1 Å². The third-order valence-electron chi connectivity index (χ3n) is 2.90. The summed E-state index contributed by atoms with van der Waals surface area (Å²) in [5.74, 6) is -0.566. The van der Waals surface area contributed by atoms with Gasteiger partial charge in [0, 0.05) is 12.1 Å². The van der Waals surface area contributed by atoms with E-state index in [0.717, 1.165) is 17.9 Å². The molecular weight excluding hydrogens is 259 g/mol. The van der Waals surface area contributed by atoms with Crippen LogP contribution in [0.4, 0.5) is 4.39 Å². The zero-order valence-electron chi connectivity index (χ0n) is 11.5. The van der Waals surface area contributed by atoms with Crippen molar-refractivity contribution < 1.29 is 9.13 Å². The first kappa shape index (κ1) is 14.0. The molecule has 0 saturated heterocycles. The van der Waals surface area contributed by atoms with Crippen molar-refractivity contribution in [2.45, 2.75) is 27.0 Å². The fourth-order valence-corrected chi connectivity index (χ4v) is 1.93. The first-order chi connectivity index (χ1) is 9.51. The van der Waals surface area contributed by atoms with E-state index < -0.39 is 5.82 Å². The Hall–Kier alpha value is -2.37.